The number of pyridine rings is 1. The van der Waals surface area contributed by atoms with Gasteiger partial charge in [-0.2, -0.15) is 0 Å². The van der Waals surface area contributed by atoms with Crippen LogP contribution in [0.5, 0.6) is 0 Å². The molecule has 7 heteroatoms. The normalized spacial score (nSPS) is 22.1. The molecule has 2 atom stereocenters. The van der Waals surface area contributed by atoms with Crippen molar-refractivity contribution >= 4 is 5.91 Å². The summed E-state index contributed by atoms with van der Waals surface area (Å²) >= 11 is 0. The Hall–Kier alpha value is -1.54. The van der Waals surface area contributed by atoms with E-state index >= 15 is 0 Å². The number of carbonyl (C=O) groups is 1. The van der Waals surface area contributed by atoms with Crippen LogP contribution in [0.3, 0.4) is 0 Å². The molecule has 0 radical (unpaired) electrons. The fourth-order valence-corrected chi connectivity index (χ4v) is 2.11. The molecule has 1 aliphatic rings. The summed E-state index contributed by atoms with van der Waals surface area (Å²) in [5.74, 6) is -0.0758. The predicted octanol–water partition coefficient (Wildman–Crippen LogP) is -0.276. The zero-order chi connectivity index (χ0) is 14.4. The van der Waals surface area contributed by atoms with E-state index in [1.165, 1.54) is 14.2 Å². The summed E-state index contributed by atoms with van der Waals surface area (Å²) in [7, 11) is 3.07. The molecule has 1 aromatic rings. The van der Waals surface area contributed by atoms with E-state index in [4.69, 9.17) is 9.47 Å². The van der Waals surface area contributed by atoms with Gasteiger partial charge in [0.25, 0.3) is 0 Å². The SMILES string of the molecule is COC(CNC(=O)C1CC(c2ccncc2)NN1)OC. The van der Waals surface area contributed by atoms with Crippen molar-refractivity contribution in [2.24, 2.45) is 0 Å². The average molecular weight is 280 g/mol. The van der Waals surface area contributed by atoms with Crippen LogP contribution in [0.2, 0.25) is 0 Å². The summed E-state index contributed by atoms with van der Waals surface area (Å²) in [6.07, 6.45) is 3.74. The minimum absolute atomic E-state index is 0.0758. The Kier molecular flexibility index (Phi) is 5.42. The van der Waals surface area contributed by atoms with Gasteiger partial charge in [-0.15, -0.1) is 0 Å². The third kappa shape index (κ3) is 3.73. The number of carbonyl (C=O) groups excluding carboxylic acids is 1. The number of hydrogen-bond acceptors (Lipinski definition) is 6. The van der Waals surface area contributed by atoms with Gasteiger partial charge in [0.05, 0.1) is 6.54 Å². The van der Waals surface area contributed by atoms with E-state index in [0.29, 0.717) is 13.0 Å². The zero-order valence-electron chi connectivity index (χ0n) is 11.6. The van der Waals surface area contributed by atoms with E-state index < -0.39 is 6.29 Å². The maximum absolute atomic E-state index is 12.0. The number of hydrogen-bond donors (Lipinski definition) is 3. The molecule has 0 aromatic carbocycles. The molecule has 2 unspecified atom stereocenters. The fourth-order valence-electron chi connectivity index (χ4n) is 2.11. The molecule has 0 bridgehead atoms. The molecule has 7 nitrogen and oxygen atoms in total. The van der Waals surface area contributed by atoms with Gasteiger partial charge in [-0.05, 0) is 24.1 Å². The smallest absolute Gasteiger partial charge is 0.238 e. The van der Waals surface area contributed by atoms with Crippen LogP contribution >= 0.6 is 0 Å². The number of hydrazine groups is 1. The molecule has 1 saturated heterocycles. The predicted molar refractivity (Wildman–Crippen MR) is 72.5 cm³/mol. The van der Waals surface area contributed by atoms with Crippen LogP contribution in [0.4, 0.5) is 0 Å². The monoisotopic (exact) mass is 280 g/mol. The Morgan fingerprint density at radius 3 is 2.75 bits per heavy atom. The number of methoxy groups -OCH3 is 2. The molecule has 0 saturated carbocycles. The number of ether oxygens (including phenoxy) is 2. The first-order valence-electron chi connectivity index (χ1n) is 6.49. The Morgan fingerprint density at radius 1 is 1.40 bits per heavy atom. The number of rotatable bonds is 6. The first kappa shape index (κ1) is 14.9. The van der Waals surface area contributed by atoms with Crippen LogP contribution in [0.1, 0.15) is 18.0 Å². The Bertz CT molecular complexity index is 425. The average Bonchev–Trinajstić information content (AvgIpc) is 2.99. The summed E-state index contributed by atoms with van der Waals surface area (Å²) in [4.78, 5) is 16.0. The molecule has 1 aliphatic heterocycles. The van der Waals surface area contributed by atoms with E-state index in [9.17, 15) is 4.79 Å². The highest BCUT2D eigenvalue weighted by Gasteiger charge is 2.30. The first-order chi connectivity index (χ1) is 9.74. The molecule has 2 rings (SSSR count). The van der Waals surface area contributed by atoms with Gasteiger partial charge in [-0.25, -0.2) is 10.9 Å². The summed E-state index contributed by atoms with van der Waals surface area (Å²) < 4.78 is 10.0. The van der Waals surface area contributed by atoms with Crippen molar-refractivity contribution in [1.29, 1.82) is 0 Å². The minimum Gasteiger partial charge on any atom is -0.354 e. The van der Waals surface area contributed by atoms with Gasteiger partial charge < -0.3 is 14.8 Å². The van der Waals surface area contributed by atoms with Crippen molar-refractivity contribution in [2.45, 2.75) is 24.8 Å². The second-order valence-electron chi connectivity index (χ2n) is 4.56. The van der Waals surface area contributed by atoms with Crippen molar-refractivity contribution in [3.8, 4) is 0 Å². The topological polar surface area (TPSA) is 84.5 Å². The van der Waals surface area contributed by atoms with Gasteiger partial charge >= 0.3 is 0 Å². The van der Waals surface area contributed by atoms with Gasteiger partial charge in [0.1, 0.15) is 6.04 Å². The van der Waals surface area contributed by atoms with Crippen molar-refractivity contribution in [3.05, 3.63) is 30.1 Å². The Balaban J connectivity index is 1.82. The second kappa shape index (κ2) is 7.30. The highest BCUT2D eigenvalue weighted by atomic mass is 16.7. The molecule has 20 heavy (non-hydrogen) atoms. The minimum atomic E-state index is -0.427. The van der Waals surface area contributed by atoms with E-state index in [1.54, 1.807) is 12.4 Å². The zero-order valence-corrected chi connectivity index (χ0v) is 11.6. The molecule has 0 spiro atoms. The molecular weight excluding hydrogens is 260 g/mol. The van der Waals surface area contributed by atoms with Crippen molar-refractivity contribution in [3.63, 3.8) is 0 Å². The van der Waals surface area contributed by atoms with Crippen LogP contribution in [-0.4, -0.2) is 44.0 Å². The van der Waals surface area contributed by atoms with Crippen molar-refractivity contribution in [1.82, 2.24) is 21.2 Å². The third-order valence-electron chi connectivity index (χ3n) is 3.30. The van der Waals surface area contributed by atoms with Crippen molar-refractivity contribution < 1.29 is 14.3 Å². The van der Waals surface area contributed by atoms with Gasteiger partial charge in [0, 0.05) is 32.7 Å². The summed E-state index contributed by atoms with van der Waals surface area (Å²) in [6, 6.07) is 3.70. The molecule has 1 fully saturated rings. The van der Waals surface area contributed by atoms with Crippen LogP contribution in [0, 0.1) is 0 Å². The van der Waals surface area contributed by atoms with Crippen LogP contribution < -0.4 is 16.2 Å². The summed E-state index contributed by atoms with van der Waals surface area (Å²) in [5, 5.41) is 2.79. The second-order valence-corrected chi connectivity index (χ2v) is 4.56. The lowest BCUT2D eigenvalue weighted by Crippen LogP contribution is -2.45. The van der Waals surface area contributed by atoms with E-state index in [0.717, 1.165) is 5.56 Å². The molecule has 110 valence electrons. The van der Waals surface area contributed by atoms with Gasteiger partial charge in [0.2, 0.25) is 5.91 Å². The molecule has 0 aliphatic carbocycles. The highest BCUT2D eigenvalue weighted by Crippen LogP contribution is 2.21. The van der Waals surface area contributed by atoms with E-state index in [-0.39, 0.29) is 18.0 Å². The lowest BCUT2D eigenvalue weighted by molar-refractivity contribution is -0.129. The standard InChI is InChI=1S/C13H20N4O3/c1-19-12(20-2)8-15-13(18)11-7-10(16-17-11)9-3-5-14-6-4-9/h3-6,10-12,16-17H,7-8H2,1-2H3,(H,15,18). The molecular formula is C13H20N4O3. The maximum Gasteiger partial charge on any atom is 0.238 e. The summed E-state index contributed by atoms with van der Waals surface area (Å²) in [5.41, 5.74) is 7.22. The van der Waals surface area contributed by atoms with Gasteiger partial charge in [-0.3, -0.25) is 9.78 Å². The number of nitrogens with one attached hydrogen (secondary N) is 3. The summed E-state index contributed by atoms with van der Waals surface area (Å²) in [6.45, 7) is 0.323. The van der Waals surface area contributed by atoms with Crippen LogP contribution in [-0.2, 0) is 14.3 Å². The maximum atomic E-state index is 12.0. The van der Waals surface area contributed by atoms with Crippen LogP contribution in [0.15, 0.2) is 24.5 Å². The molecule has 3 N–H and O–H groups in total. The third-order valence-corrected chi connectivity index (χ3v) is 3.30. The molecule has 1 amide bonds. The fraction of sp³-hybridized carbons (Fsp3) is 0.538. The largest absolute Gasteiger partial charge is 0.354 e. The first-order valence-corrected chi connectivity index (χ1v) is 6.49. The highest BCUT2D eigenvalue weighted by molar-refractivity contribution is 5.82. The number of nitrogens with zero attached hydrogens (tertiary/aromatic N) is 1. The van der Waals surface area contributed by atoms with E-state index in [2.05, 4.69) is 21.2 Å². The number of aromatic nitrogens is 1. The van der Waals surface area contributed by atoms with E-state index in [1.807, 2.05) is 12.1 Å². The quantitative estimate of drug-likeness (QED) is 0.622. The van der Waals surface area contributed by atoms with Crippen molar-refractivity contribution in [2.75, 3.05) is 20.8 Å². The lowest BCUT2D eigenvalue weighted by Gasteiger charge is -2.16. The Morgan fingerprint density at radius 2 is 2.10 bits per heavy atom. The molecule has 1 aromatic heterocycles. The lowest BCUT2D eigenvalue weighted by atomic mass is 10.0. The van der Waals surface area contributed by atoms with Gasteiger partial charge in [0.15, 0.2) is 6.29 Å². The van der Waals surface area contributed by atoms with Gasteiger partial charge in [-0.1, -0.05) is 0 Å². The van der Waals surface area contributed by atoms with Crippen LogP contribution in [0.25, 0.3) is 0 Å². The molecule has 2 heterocycles. The number of amides is 1. The Labute approximate surface area is 118 Å².